The summed E-state index contributed by atoms with van der Waals surface area (Å²) in [5, 5.41) is 1.86. The van der Waals surface area contributed by atoms with Gasteiger partial charge in [-0.3, -0.25) is 0 Å². The van der Waals surface area contributed by atoms with Gasteiger partial charge in [0.25, 0.3) is 0 Å². The number of benzene rings is 4. The van der Waals surface area contributed by atoms with Gasteiger partial charge in [-0.2, -0.15) is 0 Å². The van der Waals surface area contributed by atoms with E-state index in [1.807, 2.05) is 43.4 Å². The number of halogens is 1. The van der Waals surface area contributed by atoms with Crippen molar-refractivity contribution in [1.82, 2.24) is 0 Å². The van der Waals surface area contributed by atoms with Crippen LogP contribution in [0.4, 0.5) is 4.39 Å². The van der Waals surface area contributed by atoms with E-state index in [0.29, 0.717) is 11.1 Å². The molecule has 0 spiro atoms. The maximum Gasteiger partial charge on any atom is 0.216 e. The fraction of sp³-hybridized carbons (Fsp3) is 0.216. The molecule has 1 aliphatic rings. The van der Waals surface area contributed by atoms with Gasteiger partial charge in [0.05, 0.1) is 11.1 Å². The van der Waals surface area contributed by atoms with E-state index in [4.69, 9.17) is 5.79 Å². The highest BCUT2D eigenvalue weighted by atomic mass is 19.1. The van der Waals surface area contributed by atoms with Gasteiger partial charge in [0.15, 0.2) is 6.20 Å². The molecular weight excluding hydrogens is 493 g/mol. The van der Waals surface area contributed by atoms with Crippen molar-refractivity contribution in [1.29, 1.82) is 0 Å². The minimum atomic E-state index is -0.545. The Morgan fingerprint density at radius 2 is 1.45 bits per heavy atom. The molecule has 0 saturated heterocycles. The fourth-order valence-electron chi connectivity index (χ4n) is 6.33. The van der Waals surface area contributed by atoms with Gasteiger partial charge in [0.1, 0.15) is 24.0 Å². The molecule has 2 nitrogen and oxygen atoms in total. The normalized spacial score (nSPS) is 15.4. The summed E-state index contributed by atoms with van der Waals surface area (Å²) in [7, 11) is 2.04. The molecular formula is C37H33FNO+. The number of hydrogen-bond acceptors (Lipinski definition) is 1. The number of pyridine rings is 1. The number of furan rings is 1. The maximum absolute atomic E-state index is 15.6. The average molecular weight is 528 g/mol. The third-order valence-corrected chi connectivity index (χ3v) is 8.52. The van der Waals surface area contributed by atoms with Crippen molar-refractivity contribution < 1.29 is 14.7 Å². The highest BCUT2D eigenvalue weighted by molar-refractivity contribution is 6.13. The summed E-state index contributed by atoms with van der Waals surface area (Å²) in [5.41, 5.74) is 8.99. The van der Waals surface area contributed by atoms with Crippen LogP contribution in [0.15, 0.2) is 102 Å². The summed E-state index contributed by atoms with van der Waals surface area (Å²) >= 11 is 0. The first-order valence-electron chi connectivity index (χ1n) is 14.7. The first-order chi connectivity index (χ1) is 19.9. The molecule has 1 fully saturated rings. The molecule has 0 aliphatic heterocycles. The van der Waals surface area contributed by atoms with Gasteiger partial charge >= 0.3 is 0 Å². The molecule has 2 aromatic heterocycles. The number of rotatable bonds is 4. The van der Waals surface area contributed by atoms with Crippen LogP contribution in [0.25, 0.3) is 55.4 Å². The van der Waals surface area contributed by atoms with Crippen LogP contribution in [-0.4, -0.2) is 0 Å². The van der Waals surface area contributed by atoms with E-state index in [9.17, 15) is 0 Å². The van der Waals surface area contributed by atoms with Gasteiger partial charge in [0, 0.05) is 24.3 Å². The Morgan fingerprint density at radius 1 is 0.750 bits per heavy atom. The molecule has 0 radical (unpaired) electrons. The number of fused-ring (bicyclic) bond motifs is 3. The Hall–Kier alpha value is -4.24. The number of hydrogen-bond donors (Lipinski definition) is 0. The van der Waals surface area contributed by atoms with Crippen molar-refractivity contribution in [3.63, 3.8) is 0 Å². The Bertz CT molecular complexity index is 1900. The largest absolute Gasteiger partial charge is 0.454 e. The molecule has 198 valence electrons. The Morgan fingerprint density at radius 3 is 2.20 bits per heavy atom. The van der Waals surface area contributed by atoms with Crippen LogP contribution in [0.2, 0.25) is 0 Å². The lowest BCUT2D eigenvalue weighted by molar-refractivity contribution is -0.660. The first kappa shape index (κ1) is 23.6. The quantitative estimate of drug-likeness (QED) is 0.209. The van der Waals surface area contributed by atoms with Crippen LogP contribution in [-0.2, 0) is 7.05 Å². The van der Waals surface area contributed by atoms with Crippen LogP contribution in [0, 0.1) is 12.7 Å². The van der Waals surface area contributed by atoms with E-state index in [0.717, 1.165) is 81.1 Å². The lowest BCUT2D eigenvalue weighted by Crippen LogP contribution is -2.30. The topological polar surface area (TPSA) is 17.0 Å². The van der Waals surface area contributed by atoms with Gasteiger partial charge < -0.3 is 4.42 Å². The molecule has 0 unspecified atom stereocenters. The number of aryl methyl sites for hydroxylation is 2. The number of aromatic nitrogens is 1. The molecule has 7 rings (SSSR count). The predicted molar refractivity (Wildman–Crippen MR) is 162 cm³/mol. The second kappa shape index (κ2) is 10.1. The molecule has 6 aromatic rings. The summed E-state index contributed by atoms with van der Waals surface area (Å²) in [6.07, 6.45) is 7.22. The molecule has 0 atom stereocenters. The molecule has 0 amide bonds. The zero-order chi connectivity index (χ0) is 28.1. The summed E-state index contributed by atoms with van der Waals surface area (Å²) in [6.45, 7) is 2.10. The first-order valence-corrected chi connectivity index (χ1v) is 14.2. The number of nitrogens with zero attached hydrogens (tertiary/aromatic N) is 1. The van der Waals surface area contributed by atoms with E-state index in [2.05, 4.69) is 66.2 Å². The van der Waals surface area contributed by atoms with Crippen molar-refractivity contribution in [3.05, 3.63) is 114 Å². The second-order valence-electron chi connectivity index (χ2n) is 11.1. The smallest absolute Gasteiger partial charge is 0.216 e. The molecule has 1 aliphatic carbocycles. The van der Waals surface area contributed by atoms with Crippen LogP contribution < -0.4 is 4.57 Å². The van der Waals surface area contributed by atoms with Crippen LogP contribution in [0.5, 0.6) is 0 Å². The van der Waals surface area contributed by atoms with Crippen LogP contribution in [0.3, 0.4) is 0 Å². The Labute approximate surface area is 236 Å². The Balaban J connectivity index is 1.40. The molecule has 0 N–H and O–H groups in total. The van der Waals surface area contributed by atoms with Crippen molar-refractivity contribution in [2.45, 2.75) is 44.9 Å². The Kier molecular flexibility index (Phi) is 5.94. The van der Waals surface area contributed by atoms with Gasteiger partial charge in [-0.1, -0.05) is 86.0 Å². The molecule has 4 aromatic carbocycles. The van der Waals surface area contributed by atoms with Crippen molar-refractivity contribution in [2.75, 3.05) is 0 Å². The van der Waals surface area contributed by atoms with E-state index in [-0.39, 0.29) is 5.82 Å². The maximum atomic E-state index is 15.6. The lowest BCUT2D eigenvalue weighted by atomic mass is 9.83. The highest BCUT2D eigenvalue weighted by Crippen LogP contribution is 2.42. The van der Waals surface area contributed by atoms with E-state index >= 15 is 4.39 Å². The molecule has 1 saturated carbocycles. The van der Waals surface area contributed by atoms with E-state index in [1.54, 1.807) is 6.07 Å². The summed E-state index contributed by atoms with van der Waals surface area (Å²) in [6, 6.07) is 30.2. The average Bonchev–Trinajstić information content (AvgIpc) is 3.37. The fourth-order valence-corrected chi connectivity index (χ4v) is 6.33. The van der Waals surface area contributed by atoms with Crippen LogP contribution >= 0.6 is 0 Å². The zero-order valence-electron chi connectivity index (χ0n) is 24.0. The highest BCUT2D eigenvalue weighted by Gasteiger charge is 2.24. The summed E-state index contributed by atoms with van der Waals surface area (Å²) in [5.74, 6) is -0.853. The van der Waals surface area contributed by atoms with Crippen molar-refractivity contribution in [2.24, 2.45) is 7.05 Å². The SMILES string of the molecule is [2H]C1(c2ccc(-c3c(F)ccc4c3oc3c(-c5cc(-c6ccccc6)cc[n+]5C)c(C)ccc34)cc2)CCCCC1. The van der Waals surface area contributed by atoms with Gasteiger partial charge in [-0.15, -0.1) is 0 Å². The van der Waals surface area contributed by atoms with Crippen molar-refractivity contribution in [3.8, 4) is 33.5 Å². The summed E-state index contributed by atoms with van der Waals surface area (Å²) in [4.78, 5) is 0. The second-order valence-corrected chi connectivity index (χ2v) is 11.1. The minimum absolute atomic E-state index is 0.308. The molecule has 3 heteroatoms. The molecule has 0 bridgehead atoms. The minimum Gasteiger partial charge on any atom is -0.454 e. The standard InChI is InChI=1S/C37H33FNO/c1-24-13-18-30-31-19-20-32(38)35(28-16-14-27(15-17-28)25-9-5-3-6-10-25)37(31)40-36(30)34(24)33-23-29(21-22-39(33)2)26-11-7-4-8-12-26/h4,7-8,11-23,25H,3,5-6,9-10H2,1-2H3/q+1/i25D. The van der Waals surface area contributed by atoms with E-state index < -0.39 is 5.89 Å². The molecule has 40 heavy (non-hydrogen) atoms. The predicted octanol–water partition coefficient (Wildman–Crippen LogP) is 9.91. The third kappa shape index (κ3) is 4.21. The van der Waals surface area contributed by atoms with Gasteiger partial charge in [-0.25, -0.2) is 8.96 Å². The monoisotopic (exact) mass is 527 g/mol. The third-order valence-electron chi connectivity index (χ3n) is 8.52. The lowest BCUT2D eigenvalue weighted by Gasteiger charge is -2.22. The van der Waals surface area contributed by atoms with Gasteiger partial charge in [0.2, 0.25) is 5.69 Å². The summed E-state index contributed by atoms with van der Waals surface area (Å²) < 4.78 is 33.3. The van der Waals surface area contributed by atoms with Gasteiger partial charge in [-0.05, 0) is 65.6 Å². The molecule has 2 heterocycles. The van der Waals surface area contributed by atoms with Crippen molar-refractivity contribution >= 4 is 21.9 Å². The zero-order valence-corrected chi connectivity index (χ0v) is 23.0. The van der Waals surface area contributed by atoms with Crippen LogP contribution in [0.1, 0.15) is 50.5 Å². The van der Waals surface area contributed by atoms with E-state index in [1.165, 1.54) is 6.42 Å².